The molecule has 0 atom stereocenters. The number of aliphatic hydroxyl groups excluding tert-OH is 1. The quantitative estimate of drug-likeness (QED) is 0.840. The summed E-state index contributed by atoms with van der Waals surface area (Å²) in [4.78, 5) is 2.09. The highest BCUT2D eigenvalue weighted by atomic mass is 19.1. The molecule has 1 aliphatic rings. The molecule has 94 valence electrons. The number of nitrogens with zero attached hydrogens (tertiary/aromatic N) is 1. The summed E-state index contributed by atoms with van der Waals surface area (Å²) in [6.07, 6.45) is 0. The summed E-state index contributed by atoms with van der Waals surface area (Å²) in [6.45, 7) is 2.80. The van der Waals surface area contributed by atoms with Gasteiger partial charge in [-0.25, -0.2) is 4.39 Å². The molecule has 1 heterocycles. The first-order chi connectivity index (χ1) is 8.13. The van der Waals surface area contributed by atoms with Crippen molar-refractivity contribution in [3.05, 3.63) is 35.6 Å². The minimum atomic E-state index is -0.209. The van der Waals surface area contributed by atoms with Crippen LogP contribution in [0.15, 0.2) is 24.3 Å². The molecule has 0 aromatic heterocycles. The third-order valence-corrected chi connectivity index (χ3v) is 3.10. The Bertz CT molecular complexity index is 374. The van der Waals surface area contributed by atoms with Crippen molar-refractivity contribution in [2.24, 2.45) is 5.41 Å². The summed E-state index contributed by atoms with van der Waals surface area (Å²) in [7, 11) is 1.97. The second kappa shape index (κ2) is 5.12. The highest BCUT2D eigenvalue weighted by Gasteiger charge is 2.38. The van der Waals surface area contributed by atoms with Gasteiger partial charge in [-0.2, -0.15) is 0 Å². The molecule has 2 rings (SSSR count). The molecule has 17 heavy (non-hydrogen) atoms. The first-order valence-electron chi connectivity index (χ1n) is 5.75. The monoisotopic (exact) mass is 239 g/mol. The minimum Gasteiger partial charge on any atom is -0.396 e. The van der Waals surface area contributed by atoms with Gasteiger partial charge in [-0.1, -0.05) is 12.1 Å². The van der Waals surface area contributed by atoms with Gasteiger partial charge in [0.25, 0.3) is 0 Å². The summed E-state index contributed by atoms with van der Waals surface area (Å²) in [5, 5.41) is 9.33. The number of aliphatic hydroxyl groups is 1. The van der Waals surface area contributed by atoms with Crippen LogP contribution in [0.4, 0.5) is 4.39 Å². The molecule has 0 unspecified atom stereocenters. The molecule has 1 saturated heterocycles. The molecule has 1 aromatic carbocycles. The molecule has 4 heteroatoms. The lowest BCUT2D eigenvalue weighted by Crippen LogP contribution is -2.52. The van der Waals surface area contributed by atoms with Gasteiger partial charge >= 0.3 is 0 Å². The van der Waals surface area contributed by atoms with Gasteiger partial charge in [0.2, 0.25) is 0 Å². The molecule has 0 spiro atoms. The van der Waals surface area contributed by atoms with E-state index in [2.05, 4.69) is 4.90 Å². The van der Waals surface area contributed by atoms with E-state index in [1.807, 2.05) is 13.1 Å². The fraction of sp³-hybridized carbons (Fsp3) is 0.538. The summed E-state index contributed by atoms with van der Waals surface area (Å²) >= 11 is 0. The number of hydrogen-bond acceptors (Lipinski definition) is 3. The molecule has 0 radical (unpaired) electrons. The van der Waals surface area contributed by atoms with E-state index >= 15 is 0 Å². The maximum Gasteiger partial charge on any atom is 0.123 e. The van der Waals surface area contributed by atoms with E-state index in [1.165, 1.54) is 6.07 Å². The van der Waals surface area contributed by atoms with E-state index in [0.717, 1.165) is 12.1 Å². The molecule has 1 aromatic rings. The summed E-state index contributed by atoms with van der Waals surface area (Å²) < 4.78 is 18.2. The third kappa shape index (κ3) is 3.03. The summed E-state index contributed by atoms with van der Waals surface area (Å²) in [5.74, 6) is -0.209. The molecule has 0 aliphatic carbocycles. The van der Waals surface area contributed by atoms with Gasteiger partial charge in [0, 0.05) is 13.1 Å². The van der Waals surface area contributed by atoms with Crippen LogP contribution in [-0.4, -0.2) is 43.4 Å². The van der Waals surface area contributed by atoms with Crippen molar-refractivity contribution < 1.29 is 14.2 Å². The molecule has 1 fully saturated rings. The molecule has 1 N–H and O–H groups in total. The highest BCUT2D eigenvalue weighted by Crippen LogP contribution is 2.27. The second-order valence-corrected chi connectivity index (χ2v) is 4.95. The Balaban J connectivity index is 1.90. The SMILES string of the molecule is CN(Cc1cccc(F)c1)CC1(CO)COC1. The van der Waals surface area contributed by atoms with Crippen molar-refractivity contribution in [3.63, 3.8) is 0 Å². The zero-order chi connectivity index (χ0) is 12.3. The smallest absolute Gasteiger partial charge is 0.123 e. The van der Waals surface area contributed by atoms with E-state index in [-0.39, 0.29) is 17.8 Å². The number of ether oxygens (including phenoxy) is 1. The van der Waals surface area contributed by atoms with E-state index < -0.39 is 0 Å². The van der Waals surface area contributed by atoms with Crippen LogP contribution in [0.5, 0.6) is 0 Å². The lowest BCUT2D eigenvalue weighted by molar-refractivity contribution is -0.147. The number of benzene rings is 1. The van der Waals surface area contributed by atoms with E-state index in [4.69, 9.17) is 4.74 Å². The Hall–Kier alpha value is -0.970. The Morgan fingerprint density at radius 1 is 1.47 bits per heavy atom. The van der Waals surface area contributed by atoms with Crippen LogP contribution >= 0.6 is 0 Å². The van der Waals surface area contributed by atoms with Crippen LogP contribution in [0, 0.1) is 11.2 Å². The van der Waals surface area contributed by atoms with Crippen molar-refractivity contribution in [3.8, 4) is 0 Å². The maximum atomic E-state index is 13.0. The van der Waals surface area contributed by atoms with Crippen molar-refractivity contribution in [2.75, 3.05) is 33.4 Å². The van der Waals surface area contributed by atoms with Gasteiger partial charge in [-0.3, -0.25) is 0 Å². The molecule has 3 nitrogen and oxygen atoms in total. The number of rotatable bonds is 5. The van der Waals surface area contributed by atoms with Crippen LogP contribution in [0.1, 0.15) is 5.56 Å². The lowest BCUT2D eigenvalue weighted by Gasteiger charge is -2.42. The third-order valence-electron chi connectivity index (χ3n) is 3.10. The van der Waals surface area contributed by atoms with E-state index in [9.17, 15) is 9.50 Å². The van der Waals surface area contributed by atoms with Crippen LogP contribution < -0.4 is 0 Å². The zero-order valence-corrected chi connectivity index (χ0v) is 10.0. The predicted octanol–water partition coefficient (Wildman–Crippen LogP) is 1.27. The largest absolute Gasteiger partial charge is 0.396 e. The van der Waals surface area contributed by atoms with Gasteiger partial charge in [-0.05, 0) is 24.7 Å². The van der Waals surface area contributed by atoms with Crippen molar-refractivity contribution >= 4 is 0 Å². The van der Waals surface area contributed by atoms with Gasteiger partial charge < -0.3 is 14.7 Å². The predicted molar refractivity (Wildman–Crippen MR) is 63.1 cm³/mol. The van der Waals surface area contributed by atoms with Gasteiger partial charge in [0.1, 0.15) is 5.82 Å². The Morgan fingerprint density at radius 2 is 2.24 bits per heavy atom. The zero-order valence-electron chi connectivity index (χ0n) is 10.0. The summed E-state index contributed by atoms with van der Waals surface area (Å²) in [5.41, 5.74) is 0.822. The molecule has 0 saturated carbocycles. The van der Waals surface area contributed by atoms with Crippen LogP contribution in [0.2, 0.25) is 0 Å². The highest BCUT2D eigenvalue weighted by molar-refractivity contribution is 5.16. The van der Waals surface area contributed by atoms with Crippen LogP contribution in [-0.2, 0) is 11.3 Å². The Morgan fingerprint density at radius 3 is 2.76 bits per heavy atom. The van der Waals surface area contributed by atoms with Gasteiger partial charge in [0.15, 0.2) is 0 Å². The van der Waals surface area contributed by atoms with Gasteiger partial charge in [0.05, 0.1) is 25.2 Å². The topological polar surface area (TPSA) is 32.7 Å². The van der Waals surface area contributed by atoms with Gasteiger partial charge in [-0.15, -0.1) is 0 Å². The lowest BCUT2D eigenvalue weighted by atomic mass is 9.86. The average molecular weight is 239 g/mol. The molecular formula is C13H18FNO2. The van der Waals surface area contributed by atoms with E-state index in [1.54, 1.807) is 12.1 Å². The molecular weight excluding hydrogens is 221 g/mol. The first-order valence-corrected chi connectivity index (χ1v) is 5.75. The Labute approximate surface area is 101 Å². The van der Waals surface area contributed by atoms with E-state index in [0.29, 0.717) is 19.8 Å². The van der Waals surface area contributed by atoms with Crippen molar-refractivity contribution in [1.29, 1.82) is 0 Å². The van der Waals surface area contributed by atoms with Crippen LogP contribution in [0.25, 0.3) is 0 Å². The molecule has 1 aliphatic heterocycles. The molecule has 0 bridgehead atoms. The molecule has 0 amide bonds. The van der Waals surface area contributed by atoms with Crippen molar-refractivity contribution in [1.82, 2.24) is 4.90 Å². The standard InChI is InChI=1S/C13H18FNO2/c1-15(7-13(8-16)9-17-10-13)6-11-3-2-4-12(14)5-11/h2-5,16H,6-10H2,1H3. The summed E-state index contributed by atoms with van der Waals surface area (Å²) in [6, 6.07) is 6.60. The normalized spacial score (nSPS) is 18.1. The fourth-order valence-corrected chi connectivity index (χ4v) is 2.20. The van der Waals surface area contributed by atoms with Crippen molar-refractivity contribution in [2.45, 2.75) is 6.54 Å². The fourth-order valence-electron chi connectivity index (χ4n) is 2.20. The first kappa shape index (κ1) is 12.5. The van der Waals surface area contributed by atoms with Crippen LogP contribution in [0.3, 0.4) is 0 Å². The maximum absolute atomic E-state index is 13.0. The number of hydrogen-bond donors (Lipinski definition) is 1. The second-order valence-electron chi connectivity index (χ2n) is 4.95. The number of halogens is 1. The minimum absolute atomic E-state index is 0.123. The Kier molecular flexibility index (Phi) is 3.76. The average Bonchev–Trinajstić information content (AvgIpc) is 2.23.